The van der Waals surface area contributed by atoms with Gasteiger partial charge in [-0.25, -0.2) is 13.4 Å². The number of H-pyrrole nitrogens is 1. The van der Waals surface area contributed by atoms with Crippen molar-refractivity contribution >= 4 is 33.5 Å². The fraction of sp³-hybridized carbons (Fsp3) is 0.500. The molecule has 120 valence electrons. The molecule has 2 aliphatic rings. The number of halogens is 1. The SMILES string of the molecule is Cl.O=S(=O)(c1c[nH]c2ncccc12)N1CCC2CNCC2C1. The van der Waals surface area contributed by atoms with Gasteiger partial charge in [0, 0.05) is 30.9 Å². The molecule has 0 amide bonds. The molecule has 0 spiro atoms. The van der Waals surface area contributed by atoms with Gasteiger partial charge in [0.15, 0.2) is 0 Å². The van der Waals surface area contributed by atoms with Gasteiger partial charge in [-0.05, 0) is 43.5 Å². The second kappa shape index (κ2) is 5.81. The average Bonchev–Trinajstić information content (AvgIpc) is 3.13. The number of rotatable bonds is 2. The van der Waals surface area contributed by atoms with Gasteiger partial charge in [0.1, 0.15) is 10.5 Å². The Morgan fingerprint density at radius 1 is 1.27 bits per heavy atom. The van der Waals surface area contributed by atoms with Crippen LogP contribution < -0.4 is 5.32 Å². The summed E-state index contributed by atoms with van der Waals surface area (Å²) in [7, 11) is -3.45. The van der Waals surface area contributed by atoms with Crippen molar-refractivity contribution in [1.82, 2.24) is 19.6 Å². The van der Waals surface area contributed by atoms with Gasteiger partial charge in [0.05, 0.1) is 0 Å². The summed E-state index contributed by atoms with van der Waals surface area (Å²) < 4.78 is 27.5. The Morgan fingerprint density at radius 2 is 2.09 bits per heavy atom. The molecule has 2 aliphatic heterocycles. The molecule has 4 heterocycles. The summed E-state index contributed by atoms with van der Waals surface area (Å²) in [5.41, 5.74) is 0.619. The highest BCUT2D eigenvalue weighted by Crippen LogP contribution is 2.31. The summed E-state index contributed by atoms with van der Waals surface area (Å²) >= 11 is 0. The van der Waals surface area contributed by atoms with Crippen LogP contribution in [0.1, 0.15) is 6.42 Å². The zero-order valence-electron chi connectivity index (χ0n) is 12.0. The monoisotopic (exact) mass is 342 g/mol. The summed E-state index contributed by atoms with van der Waals surface area (Å²) in [5.74, 6) is 1.07. The topological polar surface area (TPSA) is 78.1 Å². The Bertz CT molecular complexity index is 776. The zero-order chi connectivity index (χ0) is 14.4. The van der Waals surface area contributed by atoms with Crippen LogP contribution in [0.25, 0.3) is 11.0 Å². The molecule has 4 rings (SSSR count). The Balaban J connectivity index is 0.00000144. The molecule has 22 heavy (non-hydrogen) atoms. The minimum Gasteiger partial charge on any atom is -0.345 e. The molecule has 0 bridgehead atoms. The van der Waals surface area contributed by atoms with Crippen molar-refractivity contribution in [3.63, 3.8) is 0 Å². The number of hydrogen-bond acceptors (Lipinski definition) is 4. The van der Waals surface area contributed by atoms with Gasteiger partial charge in [0.25, 0.3) is 0 Å². The lowest BCUT2D eigenvalue weighted by Gasteiger charge is -2.33. The van der Waals surface area contributed by atoms with Crippen molar-refractivity contribution in [2.75, 3.05) is 26.2 Å². The molecule has 0 saturated carbocycles. The van der Waals surface area contributed by atoms with Crippen LogP contribution in [0.4, 0.5) is 0 Å². The van der Waals surface area contributed by atoms with Gasteiger partial charge in [-0.2, -0.15) is 4.31 Å². The minimum absolute atomic E-state index is 0. The van der Waals surface area contributed by atoms with Crippen LogP contribution >= 0.6 is 12.4 Å². The van der Waals surface area contributed by atoms with Gasteiger partial charge >= 0.3 is 0 Å². The molecule has 2 fully saturated rings. The number of pyridine rings is 1. The Hall–Kier alpha value is -1.15. The molecule has 8 heteroatoms. The number of sulfonamides is 1. The van der Waals surface area contributed by atoms with E-state index in [-0.39, 0.29) is 12.4 Å². The summed E-state index contributed by atoms with van der Waals surface area (Å²) in [4.78, 5) is 7.46. The molecule has 0 radical (unpaired) electrons. The van der Waals surface area contributed by atoms with E-state index < -0.39 is 10.0 Å². The molecular formula is C14H19ClN4O2S. The van der Waals surface area contributed by atoms with Crippen molar-refractivity contribution in [2.45, 2.75) is 11.3 Å². The zero-order valence-corrected chi connectivity index (χ0v) is 13.7. The molecule has 0 aromatic carbocycles. The van der Waals surface area contributed by atoms with Crippen molar-refractivity contribution in [3.8, 4) is 0 Å². The van der Waals surface area contributed by atoms with Gasteiger partial charge in [-0.1, -0.05) is 0 Å². The molecule has 0 aliphatic carbocycles. The fourth-order valence-corrected chi connectivity index (χ4v) is 5.17. The summed E-state index contributed by atoms with van der Waals surface area (Å²) in [6, 6.07) is 3.57. The number of nitrogens with zero attached hydrogens (tertiary/aromatic N) is 2. The van der Waals surface area contributed by atoms with E-state index in [2.05, 4.69) is 15.3 Å². The highest BCUT2D eigenvalue weighted by atomic mass is 35.5. The molecule has 2 atom stereocenters. The van der Waals surface area contributed by atoms with Gasteiger partial charge in [-0.3, -0.25) is 0 Å². The Kier molecular flexibility index (Phi) is 4.15. The number of aromatic amines is 1. The van der Waals surface area contributed by atoms with Crippen LogP contribution in [0.15, 0.2) is 29.4 Å². The Morgan fingerprint density at radius 3 is 2.95 bits per heavy atom. The quantitative estimate of drug-likeness (QED) is 0.860. The lowest BCUT2D eigenvalue weighted by atomic mass is 9.90. The Labute approximate surface area is 135 Å². The lowest BCUT2D eigenvalue weighted by molar-refractivity contribution is 0.228. The van der Waals surface area contributed by atoms with Crippen molar-refractivity contribution < 1.29 is 8.42 Å². The van der Waals surface area contributed by atoms with E-state index in [4.69, 9.17) is 0 Å². The van der Waals surface area contributed by atoms with Crippen LogP contribution in [0.3, 0.4) is 0 Å². The second-order valence-electron chi connectivity index (χ2n) is 5.88. The smallest absolute Gasteiger partial charge is 0.245 e. The predicted molar refractivity (Wildman–Crippen MR) is 86.6 cm³/mol. The number of nitrogens with one attached hydrogen (secondary N) is 2. The minimum atomic E-state index is -3.45. The van der Waals surface area contributed by atoms with Crippen LogP contribution in [-0.2, 0) is 10.0 Å². The van der Waals surface area contributed by atoms with E-state index in [1.165, 1.54) is 0 Å². The largest absolute Gasteiger partial charge is 0.345 e. The highest BCUT2D eigenvalue weighted by molar-refractivity contribution is 7.89. The normalized spacial score (nSPS) is 25.8. The predicted octanol–water partition coefficient (Wildman–Crippen LogP) is 1.21. The number of fused-ring (bicyclic) bond motifs is 2. The lowest BCUT2D eigenvalue weighted by Crippen LogP contribution is -2.43. The summed E-state index contributed by atoms with van der Waals surface area (Å²) in [5, 5.41) is 4.03. The van der Waals surface area contributed by atoms with Crippen LogP contribution in [-0.4, -0.2) is 48.9 Å². The number of hydrogen-bond donors (Lipinski definition) is 2. The van der Waals surface area contributed by atoms with E-state index >= 15 is 0 Å². The summed E-state index contributed by atoms with van der Waals surface area (Å²) in [6.45, 7) is 3.17. The average molecular weight is 343 g/mol. The van der Waals surface area contributed by atoms with Crippen LogP contribution in [0.2, 0.25) is 0 Å². The first-order valence-electron chi connectivity index (χ1n) is 7.29. The van der Waals surface area contributed by atoms with E-state index in [9.17, 15) is 8.42 Å². The maximum Gasteiger partial charge on any atom is 0.245 e. The molecule has 2 aromatic rings. The standard InChI is InChI=1S/C14H18N4O2S.ClH/c19-21(20,13-8-17-14-12(13)2-1-4-16-14)18-5-3-10-6-15-7-11(10)9-18;/h1-2,4,8,10-11,15H,3,5-7,9H2,(H,16,17);1H. The first-order valence-corrected chi connectivity index (χ1v) is 8.73. The van der Waals surface area contributed by atoms with E-state index in [0.29, 0.717) is 40.9 Å². The van der Waals surface area contributed by atoms with Gasteiger partial charge in [0.2, 0.25) is 10.0 Å². The van der Waals surface area contributed by atoms with Crippen molar-refractivity contribution in [3.05, 3.63) is 24.5 Å². The molecule has 2 unspecified atom stereocenters. The molecule has 2 saturated heterocycles. The number of aromatic nitrogens is 2. The molecule has 2 aromatic heterocycles. The third kappa shape index (κ3) is 2.42. The maximum absolute atomic E-state index is 12.9. The third-order valence-corrected chi connectivity index (χ3v) is 6.60. The maximum atomic E-state index is 12.9. The van der Waals surface area contributed by atoms with Gasteiger partial charge < -0.3 is 10.3 Å². The van der Waals surface area contributed by atoms with E-state index in [1.54, 1.807) is 28.8 Å². The second-order valence-corrected chi connectivity index (χ2v) is 7.79. The third-order valence-electron chi connectivity index (χ3n) is 4.70. The molecule has 6 nitrogen and oxygen atoms in total. The number of piperidine rings is 1. The fourth-order valence-electron chi connectivity index (χ4n) is 3.50. The summed E-state index contributed by atoms with van der Waals surface area (Å²) in [6.07, 6.45) is 4.16. The first kappa shape index (κ1) is 15.7. The van der Waals surface area contributed by atoms with Crippen molar-refractivity contribution in [1.29, 1.82) is 0 Å². The van der Waals surface area contributed by atoms with E-state index in [1.807, 2.05) is 0 Å². The van der Waals surface area contributed by atoms with Crippen LogP contribution in [0.5, 0.6) is 0 Å². The molecular weight excluding hydrogens is 324 g/mol. The molecule has 2 N–H and O–H groups in total. The first-order chi connectivity index (χ1) is 10.2. The van der Waals surface area contributed by atoms with E-state index in [0.717, 1.165) is 19.5 Å². The highest BCUT2D eigenvalue weighted by Gasteiger charge is 2.38. The van der Waals surface area contributed by atoms with Crippen LogP contribution in [0, 0.1) is 11.8 Å². The van der Waals surface area contributed by atoms with Gasteiger partial charge in [-0.15, -0.1) is 12.4 Å². The van der Waals surface area contributed by atoms with Crippen molar-refractivity contribution in [2.24, 2.45) is 11.8 Å².